The molecule has 0 fully saturated rings. The lowest BCUT2D eigenvalue weighted by atomic mass is 10.1. The largest absolute Gasteiger partial charge is 0.478 e. The molecular weight excluding hydrogens is 196 g/mol. The lowest BCUT2D eigenvalue weighted by Gasteiger charge is -2.00. The van der Waals surface area contributed by atoms with Crippen molar-refractivity contribution >= 4 is 18.6 Å². The van der Waals surface area contributed by atoms with Crippen molar-refractivity contribution in [3.63, 3.8) is 0 Å². The van der Waals surface area contributed by atoms with E-state index in [0.717, 1.165) is 5.56 Å². The summed E-state index contributed by atoms with van der Waals surface area (Å²) < 4.78 is 0. The van der Waals surface area contributed by atoms with Gasteiger partial charge in [-0.1, -0.05) is 17.9 Å². The number of hydrogen-bond donors (Lipinski definition) is 2. The first-order valence-electron chi connectivity index (χ1n) is 4.09. The molecule has 0 unspecified atom stereocenters. The first kappa shape index (κ1) is 10.7. The molecule has 0 heterocycles. The van der Waals surface area contributed by atoms with Crippen molar-refractivity contribution in [1.29, 1.82) is 0 Å². The number of rotatable bonds is 1. The number of hydrogen-bond acceptors (Lipinski definition) is 2. The molecule has 14 heavy (non-hydrogen) atoms. The molecule has 0 bridgehead atoms. The highest BCUT2D eigenvalue weighted by Gasteiger charge is 2.06. The molecule has 0 saturated carbocycles. The van der Waals surface area contributed by atoms with Crippen molar-refractivity contribution in [2.45, 2.75) is 6.92 Å². The normalized spacial score (nSPS) is 9.00. The summed E-state index contributed by atoms with van der Waals surface area (Å²) in [6.07, 6.45) is 0. The van der Waals surface area contributed by atoms with Gasteiger partial charge in [0.2, 0.25) is 0 Å². The van der Waals surface area contributed by atoms with Gasteiger partial charge < -0.3 is 5.11 Å². The van der Waals surface area contributed by atoms with Gasteiger partial charge >= 0.3 is 5.97 Å². The second kappa shape index (κ2) is 4.73. The van der Waals surface area contributed by atoms with E-state index in [1.165, 1.54) is 0 Å². The molecule has 0 aromatic heterocycles. The van der Waals surface area contributed by atoms with E-state index in [1.807, 2.05) is 0 Å². The molecule has 0 spiro atoms. The van der Waals surface area contributed by atoms with Gasteiger partial charge in [0, 0.05) is 5.56 Å². The molecule has 0 aliphatic heterocycles. The third-order valence-corrected chi connectivity index (χ3v) is 1.94. The minimum Gasteiger partial charge on any atom is -0.478 e. The van der Waals surface area contributed by atoms with Crippen molar-refractivity contribution in [2.75, 3.05) is 5.75 Å². The van der Waals surface area contributed by atoms with Crippen LogP contribution in [0.1, 0.15) is 21.5 Å². The van der Waals surface area contributed by atoms with Gasteiger partial charge in [-0.25, -0.2) is 4.79 Å². The van der Waals surface area contributed by atoms with E-state index in [4.69, 9.17) is 5.11 Å². The van der Waals surface area contributed by atoms with Crippen LogP contribution >= 0.6 is 12.6 Å². The summed E-state index contributed by atoms with van der Waals surface area (Å²) in [7, 11) is 0. The van der Waals surface area contributed by atoms with Gasteiger partial charge in [0.1, 0.15) is 0 Å². The summed E-state index contributed by atoms with van der Waals surface area (Å²) in [6, 6.07) is 5.14. The highest BCUT2D eigenvalue weighted by molar-refractivity contribution is 7.80. The molecule has 0 aliphatic rings. The number of carbonyl (C=O) groups is 1. The van der Waals surface area contributed by atoms with Crippen LogP contribution in [-0.2, 0) is 0 Å². The summed E-state index contributed by atoms with van der Waals surface area (Å²) in [5.41, 5.74) is 1.76. The molecule has 0 aliphatic carbocycles. The van der Waals surface area contributed by atoms with Crippen LogP contribution in [0, 0.1) is 18.8 Å². The summed E-state index contributed by atoms with van der Waals surface area (Å²) in [4.78, 5) is 10.8. The fourth-order valence-electron chi connectivity index (χ4n) is 1.07. The Hall–Kier alpha value is -1.40. The van der Waals surface area contributed by atoms with E-state index in [0.29, 0.717) is 16.9 Å². The van der Waals surface area contributed by atoms with Crippen LogP contribution in [-0.4, -0.2) is 16.8 Å². The van der Waals surface area contributed by atoms with Crippen molar-refractivity contribution in [1.82, 2.24) is 0 Å². The zero-order valence-corrected chi connectivity index (χ0v) is 8.64. The molecule has 0 radical (unpaired) electrons. The topological polar surface area (TPSA) is 37.3 Å². The smallest absolute Gasteiger partial charge is 0.335 e. The van der Waals surface area contributed by atoms with Crippen LogP contribution in [0.4, 0.5) is 0 Å². The average molecular weight is 206 g/mol. The van der Waals surface area contributed by atoms with E-state index >= 15 is 0 Å². The Labute approximate surface area is 88.4 Å². The zero-order chi connectivity index (χ0) is 10.6. The van der Waals surface area contributed by atoms with Crippen LogP contribution in [0.3, 0.4) is 0 Å². The van der Waals surface area contributed by atoms with Gasteiger partial charge in [0.25, 0.3) is 0 Å². The van der Waals surface area contributed by atoms with Crippen molar-refractivity contribution in [3.8, 4) is 11.8 Å². The van der Waals surface area contributed by atoms with Gasteiger partial charge in [-0.15, -0.1) is 0 Å². The predicted molar refractivity (Wildman–Crippen MR) is 58.9 cm³/mol. The minimum atomic E-state index is -0.919. The Balaban J connectivity index is 3.13. The van der Waals surface area contributed by atoms with Crippen molar-refractivity contribution in [3.05, 3.63) is 34.9 Å². The number of carboxylic acid groups (broad SMARTS) is 1. The van der Waals surface area contributed by atoms with E-state index < -0.39 is 5.97 Å². The Morgan fingerprint density at radius 1 is 1.57 bits per heavy atom. The molecule has 2 nitrogen and oxygen atoms in total. The average Bonchev–Trinajstić information content (AvgIpc) is 2.16. The Morgan fingerprint density at radius 2 is 2.29 bits per heavy atom. The third kappa shape index (κ3) is 2.54. The number of aromatic carboxylic acids is 1. The molecule has 1 N–H and O–H groups in total. The first-order chi connectivity index (χ1) is 6.65. The molecule has 0 atom stereocenters. The van der Waals surface area contributed by atoms with Gasteiger partial charge in [-0.3, -0.25) is 0 Å². The monoisotopic (exact) mass is 206 g/mol. The number of thiol groups is 1. The molecule has 1 rings (SSSR count). The molecule has 1 aromatic carbocycles. The number of carboxylic acids is 1. The van der Waals surface area contributed by atoms with Gasteiger partial charge in [0.05, 0.1) is 11.3 Å². The quantitative estimate of drug-likeness (QED) is 0.544. The second-order valence-electron chi connectivity index (χ2n) is 2.79. The van der Waals surface area contributed by atoms with E-state index in [2.05, 4.69) is 24.5 Å². The van der Waals surface area contributed by atoms with Crippen LogP contribution in [0.15, 0.2) is 18.2 Å². The Bertz CT molecular complexity index is 413. The highest BCUT2D eigenvalue weighted by Crippen LogP contribution is 2.10. The molecule has 3 heteroatoms. The van der Waals surface area contributed by atoms with E-state index in [1.54, 1.807) is 25.1 Å². The molecule has 72 valence electrons. The van der Waals surface area contributed by atoms with Crippen molar-refractivity contribution < 1.29 is 9.90 Å². The SMILES string of the molecule is Cc1ccc(C#CCS)cc1C(=O)O. The second-order valence-corrected chi connectivity index (χ2v) is 3.11. The lowest BCUT2D eigenvalue weighted by molar-refractivity contribution is 0.0696. The Morgan fingerprint density at radius 3 is 2.86 bits per heavy atom. The number of aryl methyl sites for hydroxylation is 1. The maximum Gasteiger partial charge on any atom is 0.335 e. The molecular formula is C11H10O2S. The van der Waals surface area contributed by atoms with Crippen LogP contribution in [0.2, 0.25) is 0 Å². The third-order valence-electron chi connectivity index (χ3n) is 1.78. The molecule has 0 saturated heterocycles. The summed E-state index contributed by atoms with van der Waals surface area (Å²) in [5.74, 6) is 5.15. The van der Waals surface area contributed by atoms with Crippen molar-refractivity contribution in [2.24, 2.45) is 0 Å². The van der Waals surface area contributed by atoms with E-state index in [-0.39, 0.29) is 0 Å². The Kier molecular flexibility index (Phi) is 3.61. The molecule has 0 amide bonds. The summed E-state index contributed by atoms with van der Waals surface area (Å²) >= 11 is 3.95. The standard InChI is InChI=1S/C11H10O2S/c1-8-4-5-9(3-2-6-14)7-10(8)11(12)13/h4-5,7,14H,6H2,1H3,(H,12,13). The maximum absolute atomic E-state index is 10.8. The fourth-order valence-corrected chi connectivity index (χ4v) is 1.15. The van der Waals surface area contributed by atoms with Crippen LogP contribution < -0.4 is 0 Å². The zero-order valence-electron chi connectivity index (χ0n) is 7.74. The van der Waals surface area contributed by atoms with Crippen LogP contribution in [0.5, 0.6) is 0 Å². The van der Waals surface area contributed by atoms with Gasteiger partial charge in [-0.2, -0.15) is 12.6 Å². The summed E-state index contributed by atoms with van der Waals surface area (Å²) in [5, 5.41) is 8.85. The predicted octanol–water partition coefficient (Wildman–Crippen LogP) is 1.97. The maximum atomic E-state index is 10.8. The molecule has 1 aromatic rings. The first-order valence-corrected chi connectivity index (χ1v) is 4.72. The lowest BCUT2D eigenvalue weighted by Crippen LogP contribution is -1.99. The van der Waals surface area contributed by atoms with Gasteiger partial charge in [-0.05, 0) is 24.6 Å². The summed E-state index contributed by atoms with van der Waals surface area (Å²) in [6.45, 7) is 1.76. The fraction of sp³-hybridized carbons (Fsp3) is 0.182. The van der Waals surface area contributed by atoms with Gasteiger partial charge in [0.15, 0.2) is 0 Å². The van der Waals surface area contributed by atoms with E-state index in [9.17, 15) is 4.79 Å². The highest BCUT2D eigenvalue weighted by atomic mass is 32.1. The number of benzene rings is 1. The van der Waals surface area contributed by atoms with Crippen LogP contribution in [0.25, 0.3) is 0 Å². The minimum absolute atomic E-state index is 0.302.